The Kier molecular flexibility index (Phi) is 6.80. The number of rotatable bonds is 7. The maximum absolute atomic E-state index is 12.8. The molecule has 0 saturated heterocycles. The van der Waals surface area contributed by atoms with Gasteiger partial charge in [0.05, 0.1) is 12.8 Å². The van der Waals surface area contributed by atoms with E-state index in [0.717, 1.165) is 5.56 Å². The van der Waals surface area contributed by atoms with E-state index in [9.17, 15) is 9.59 Å². The van der Waals surface area contributed by atoms with Crippen LogP contribution in [0.5, 0.6) is 5.75 Å². The normalized spacial score (nSPS) is 11.0. The Morgan fingerprint density at radius 1 is 1.22 bits per heavy atom. The fourth-order valence-electron chi connectivity index (χ4n) is 2.58. The van der Waals surface area contributed by atoms with Gasteiger partial charge < -0.3 is 15.0 Å². The number of hydrogen-bond acceptors (Lipinski definition) is 4. The molecule has 1 aromatic heterocycles. The molecule has 1 heterocycles. The van der Waals surface area contributed by atoms with E-state index in [2.05, 4.69) is 10.3 Å². The van der Waals surface area contributed by atoms with Gasteiger partial charge in [0, 0.05) is 31.0 Å². The summed E-state index contributed by atoms with van der Waals surface area (Å²) >= 11 is 6.00. The minimum absolute atomic E-state index is 0.268. The molecular formula is C20H24ClN3O3. The molecule has 1 N–H and O–H groups in total. The zero-order chi connectivity index (χ0) is 20.0. The molecule has 0 radical (unpaired) electrons. The first-order valence-corrected chi connectivity index (χ1v) is 8.93. The first-order valence-electron chi connectivity index (χ1n) is 8.55. The number of nitrogens with zero attached hydrogens (tertiary/aromatic N) is 2. The van der Waals surface area contributed by atoms with Gasteiger partial charge in [-0.25, -0.2) is 0 Å². The third kappa shape index (κ3) is 5.20. The number of carbonyl (C=O) groups excluding carboxylic acids is 2. The Bertz CT molecular complexity index is 809. The molecule has 2 amide bonds. The maximum atomic E-state index is 12.8. The Morgan fingerprint density at radius 3 is 2.52 bits per heavy atom. The minimum Gasteiger partial charge on any atom is -0.495 e. The lowest BCUT2D eigenvalue weighted by molar-refractivity contribution is -0.145. The van der Waals surface area contributed by atoms with E-state index in [1.54, 1.807) is 56.4 Å². The van der Waals surface area contributed by atoms with Crippen LogP contribution in [-0.2, 0) is 16.0 Å². The highest BCUT2D eigenvalue weighted by Crippen LogP contribution is 2.30. The monoisotopic (exact) mass is 389 g/mol. The lowest BCUT2D eigenvalue weighted by Crippen LogP contribution is -2.46. The van der Waals surface area contributed by atoms with Crippen LogP contribution in [0.1, 0.15) is 19.4 Å². The molecule has 1 aromatic carbocycles. The number of pyridine rings is 1. The largest absolute Gasteiger partial charge is 0.495 e. The molecule has 0 aliphatic heterocycles. The second-order valence-corrected chi connectivity index (χ2v) is 7.19. The average molecular weight is 390 g/mol. The van der Waals surface area contributed by atoms with E-state index >= 15 is 0 Å². The molecule has 7 heteroatoms. The van der Waals surface area contributed by atoms with E-state index in [4.69, 9.17) is 16.3 Å². The van der Waals surface area contributed by atoms with Crippen molar-refractivity contribution in [1.29, 1.82) is 0 Å². The number of nitrogens with one attached hydrogen (secondary N) is 1. The van der Waals surface area contributed by atoms with Gasteiger partial charge in [0.1, 0.15) is 11.2 Å². The minimum atomic E-state index is -1.25. The van der Waals surface area contributed by atoms with Crippen LogP contribution in [0, 0.1) is 5.41 Å². The lowest BCUT2D eigenvalue weighted by atomic mass is 9.90. The van der Waals surface area contributed by atoms with Gasteiger partial charge in [0.25, 0.3) is 0 Å². The molecule has 0 atom stereocenters. The Morgan fingerprint density at radius 2 is 1.89 bits per heavy atom. The number of amides is 2. The van der Waals surface area contributed by atoms with Gasteiger partial charge in [-0.3, -0.25) is 14.6 Å². The molecule has 6 nitrogen and oxygen atoms in total. The van der Waals surface area contributed by atoms with Crippen LogP contribution in [0.25, 0.3) is 0 Å². The Labute approximate surface area is 164 Å². The smallest absolute Gasteiger partial charge is 0.239 e. The molecule has 0 spiro atoms. The van der Waals surface area contributed by atoms with E-state index in [0.29, 0.717) is 29.4 Å². The summed E-state index contributed by atoms with van der Waals surface area (Å²) in [6, 6.07) is 8.72. The Balaban J connectivity index is 2.05. The number of methoxy groups -OCH3 is 1. The summed E-state index contributed by atoms with van der Waals surface area (Å²) in [4.78, 5) is 31.1. The number of carbonyl (C=O) groups is 2. The van der Waals surface area contributed by atoms with Crippen molar-refractivity contribution in [2.75, 3.05) is 26.0 Å². The summed E-state index contributed by atoms with van der Waals surface area (Å²) in [5.41, 5.74) is 0.256. The van der Waals surface area contributed by atoms with Crippen molar-refractivity contribution in [1.82, 2.24) is 9.88 Å². The topological polar surface area (TPSA) is 71.5 Å². The Hall–Kier alpha value is -2.60. The van der Waals surface area contributed by atoms with Gasteiger partial charge in [-0.2, -0.15) is 0 Å². The second kappa shape index (κ2) is 8.86. The highest BCUT2D eigenvalue weighted by Gasteiger charge is 2.38. The summed E-state index contributed by atoms with van der Waals surface area (Å²) in [6.07, 6.45) is 4.12. The molecule has 0 bridgehead atoms. The van der Waals surface area contributed by atoms with Gasteiger partial charge in [-0.1, -0.05) is 11.6 Å². The summed E-state index contributed by atoms with van der Waals surface area (Å²) in [7, 11) is 3.20. The fourth-order valence-corrected chi connectivity index (χ4v) is 2.75. The molecule has 0 aliphatic carbocycles. The van der Waals surface area contributed by atoms with Crippen molar-refractivity contribution < 1.29 is 14.3 Å². The summed E-state index contributed by atoms with van der Waals surface area (Å²) in [5.74, 6) is -0.221. The van der Waals surface area contributed by atoms with Crippen molar-refractivity contribution in [2.45, 2.75) is 20.3 Å². The zero-order valence-electron chi connectivity index (χ0n) is 16.0. The number of likely N-dealkylation sites (N-methyl/N-ethyl adjacent to an activating group) is 1. The van der Waals surface area contributed by atoms with Crippen molar-refractivity contribution >= 4 is 29.1 Å². The van der Waals surface area contributed by atoms with E-state index in [1.165, 1.54) is 7.11 Å². The van der Waals surface area contributed by atoms with Gasteiger partial charge in [-0.05, 0) is 56.2 Å². The first-order chi connectivity index (χ1) is 12.8. The fraction of sp³-hybridized carbons (Fsp3) is 0.350. The van der Waals surface area contributed by atoms with E-state index in [1.807, 2.05) is 12.1 Å². The number of ether oxygens (including phenoxy) is 1. The third-order valence-corrected chi connectivity index (χ3v) is 4.58. The number of hydrogen-bond donors (Lipinski definition) is 1. The summed E-state index contributed by atoms with van der Waals surface area (Å²) < 4.78 is 5.24. The molecule has 144 valence electrons. The molecule has 0 fully saturated rings. The van der Waals surface area contributed by atoms with Crippen LogP contribution in [-0.4, -0.2) is 42.4 Å². The van der Waals surface area contributed by atoms with Gasteiger partial charge in [0.15, 0.2) is 0 Å². The average Bonchev–Trinajstić information content (AvgIpc) is 2.66. The summed E-state index contributed by atoms with van der Waals surface area (Å²) in [6.45, 7) is 3.70. The number of benzene rings is 1. The van der Waals surface area contributed by atoms with Gasteiger partial charge in [-0.15, -0.1) is 0 Å². The molecule has 2 aromatic rings. The molecule has 27 heavy (non-hydrogen) atoms. The third-order valence-electron chi connectivity index (χ3n) is 4.34. The quantitative estimate of drug-likeness (QED) is 0.736. The number of anilines is 1. The molecule has 0 saturated carbocycles. The van der Waals surface area contributed by atoms with Gasteiger partial charge in [0.2, 0.25) is 11.8 Å². The van der Waals surface area contributed by atoms with Crippen LogP contribution >= 0.6 is 11.6 Å². The van der Waals surface area contributed by atoms with Crippen molar-refractivity contribution in [3.63, 3.8) is 0 Å². The number of aromatic nitrogens is 1. The van der Waals surface area contributed by atoms with Crippen molar-refractivity contribution in [2.24, 2.45) is 5.41 Å². The van der Waals surface area contributed by atoms with Crippen LogP contribution < -0.4 is 10.1 Å². The summed E-state index contributed by atoms with van der Waals surface area (Å²) in [5, 5.41) is 3.21. The van der Waals surface area contributed by atoms with Gasteiger partial charge >= 0.3 is 0 Å². The lowest BCUT2D eigenvalue weighted by Gasteiger charge is -2.28. The standard InChI is InChI=1S/C20H24ClN3O3/c1-20(2,18(25)23-16-13-15(21)5-6-17(16)27-4)19(26)24(3)12-9-14-7-10-22-11-8-14/h5-8,10-11,13H,9,12H2,1-4H3,(H,23,25). The predicted molar refractivity (Wildman–Crippen MR) is 106 cm³/mol. The van der Waals surface area contributed by atoms with Crippen molar-refractivity contribution in [3.05, 3.63) is 53.3 Å². The van der Waals surface area contributed by atoms with Crippen LogP contribution in [0.3, 0.4) is 0 Å². The molecular weight excluding hydrogens is 366 g/mol. The highest BCUT2D eigenvalue weighted by molar-refractivity contribution is 6.31. The van der Waals surface area contributed by atoms with Crippen LogP contribution in [0.2, 0.25) is 5.02 Å². The number of halogens is 1. The SMILES string of the molecule is COc1ccc(Cl)cc1NC(=O)C(C)(C)C(=O)N(C)CCc1ccncc1. The first kappa shape index (κ1) is 20.7. The molecule has 0 aliphatic rings. The molecule has 0 unspecified atom stereocenters. The van der Waals surface area contributed by atoms with Crippen molar-refractivity contribution in [3.8, 4) is 5.75 Å². The van der Waals surface area contributed by atoms with Crippen LogP contribution in [0.4, 0.5) is 5.69 Å². The van der Waals surface area contributed by atoms with E-state index < -0.39 is 11.3 Å². The highest BCUT2D eigenvalue weighted by atomic mass is 35.5. The van der Waals surface area contributed by atoms with Crippen LogP contribution in [0.15, 0.2) is 42.7 Å². The molecule has 2 rings (SSSR count). The maximum Gasteiger partial charge on any atom is 0.239 e. The zero-order valence-corrected chi connectivity index (χ0v) is 16.7. The van der Waals surface area contributed by atoms with E-state index in [-0.39, 0.29) is 5.91 Å². The second-order valence-electron chi connectivity index (χ2n) is 6.76. The predicted octanol–water partition coefficient (Wildman–Crippen LogP) is 3.41.